The Labute approximate surface area is 163 Å². The van der Waals surface area contributed by atoms with Crippen molar-refractivity contribution in [3.8, 4) is 28.6 Å². The first-order valence-corrected chi connectivity index (χ1v) is 8.58. The number of nitrogens with zero attached hydrogens (tertiary/aromatic N) is 2. The monoisotopic (exact) mass is 379 g/mol. The quantitative estimate of drug-likeness (QED) is 0.703. The molecule has 0 radical (unpaired) electrons. The summed E-state index contributed by atoms with van der Waals surface area (Å²) in [5.74, 6) is 1.03. The average molecular weight is 379 g/mol. The highest BCUT2D eigenvalue weighted by Crippen LogP contribution is 2.32. The number of carbonyl (C=O) groups excluding carboxylic acids is 1. The van der Waals surface area contributed by atoms with Crippen LogP contribution in [0.2, 0.25) is 0 Å². The predicted octanol–water partition coefficient (Wildman–Crippen LogP) is 3.73. The number of amides is 1. The molecule has 0 saturated carbocycles. The summed E-state index contributed by atoms with van der Waals surface area (Å²) in [4.78, 5) is 12.9. The van der Waals surface area contributed by atoms with E-state index in [2.05, 4.69) is 15.5 Å². The number of benzene rings is 2. The summed E-state index contributed by atoms with van der Waals surface area (Å²) >= 11 is 0. The zero-order chi connectivity index (χ0) is 20.1. The molecule has 0 aliphatic rings. The van der Waals surface area contributed by atoms with Crippen molar-refractivity contribution < 1.29 is 19.0 Å². The van der Waals surface area contributed by atoms with Crippen molar-refractivity contribution in [3.05, 3.63) is 59.7 Å². The molecule has 2 aromatic carbocycles. The molecule has 0 fully saturated rings. The molecule has 7 nitrogen and oxygen atoms in total. The summed E-state index contributed by atoms with van der Waals surface area (Å²) in [6.07, 6.45) is 0. The first kappa shape index (κ1) is 19.2. The van der Waals surface area contributed by atoms with E-state index in [0.717, 1.165) is 11.1 Å². The van der Waals surface area contributed by atoms with Crippen molar-refractivity contribution in [1.82, 2.24) is 10.2 Å². The van der Waals surface area contributed by atoms with Crippen molar-refractivity contribution >= 4 is 11.6 Å². The Bertz CT molecular complexity index is 987. The maximum absolute atomic E-state index is 12.9. The number of nitrogens with one attached hydrogen (secondary N) is 1. The molecule has 1 N–H and O–H groups in total. The van der Waals surface area contributed by atoms with Crippen LogP contribution >= 0.6 is 0 Å². The number of carbonyl (C=O) groups is 1. The third-order valence-electron chi connectivity index (χ3n) is 4.28. The van der Waals surface area contributed by atoms with Gasteiger partial charge >= 0.3 is 0 Å². The van der Waals surface area contributed by atoms with Crippen molar-refractivity contribution in [1.29, 1.82) is 0 Å². The van der Waals surface area contributed by atoms with Gasteiger partial charge in [-0.25, -0.2) is 0 Å². The number of para-hydroxylation sites is 1. The largest absolute Gasteiger partial charge is 0.493 e. The van der Waals surface area contributed by atoms with Crippen LogP contribution in [0.3, 0.4) is 0 Å². The second-order valence-corrected chi connectivity index (χ2v) is 5.99. The molecule has 7 heteroatoms. The van der Waals surface area contributed by atoms with Gasteiger partial charge in [-0.15, -0.1) is 10.2 Å². The lowest BCUT2D eigenvalue weighted by atomic mass is 10.1. The Balaban J connectivity index is 1.91. The van der Waals surface area contributed by atoms with Gasteiger partial charge in [-0.2, -0.15) is 0 Å². The van der Waals surface area contributed by atoms with Gasteiger partial charge < -0.3 is 19.5 Å². The standard InChI is InChI=1S/C21H21N3O4/c1-13-8-9-14(16-10-11-19(27-3)24-23-16)12-17(13)22-21(25)15-6-5-7-18(26-2)20(15)28-4/h5-12H,1-4H3,(H,22,25). The van der Waals surface area contributed by atoms with Gasteiger partial charge in [0.05, 0.1) is 32.6 Å². The smallest absolute Gasteiger partial charge is 0.259 e. The van der Waals surface area contributed by atoms with Crippen LogP contribution in [0.25, 0.3) is 11.3 Å². The number of hydrogen-bond acceptors (Lipinski definition) is 6. The summed E-state index contributed by atoms with van der Waals surface area (Å²) in [5, 5.41) is 11.1. The van der Waals surface area contributed by atoms with E-state index >= 15 is 0 Å². The average Bonchev–Trinajstić information content (AvgIpc) is 2.74. The lowest BCUT2D eigenvalue weighted by molar-refractivity contribution is 0.102. The zero-order valence-corrected chi connectivity index (χ0v) is 16.1. The van der Waals surface area contributed by atoms with E-state index in [4.69, 9.17) is 14.2 Å². The van der Waals surface area contributed by atoms with Crippen molar-refractivity contribution in [2.75, 3.05) is 26.6 Å². The van der Waals surface area contributed by atoms with Crippen LogP contribution in [-0.4, -0.2) is 37.4 Å². The summed E-state index contributed by atoms with van der Waals surface area (Å²) in [5.41, 5.74) is 3.48. The van der Waals surface area contributed by atoms with Gasteiger partial charge in [0.25, 0.3) is 5.91 Å². The van der Waals surface area contributed by atoms with Gasteiger partial charge in [-0.1, -0.05) is 18.2 Å². The highest BCUT2D eigenvalue weighted by atomic mass is 16.5. The summed E-state index contributed by atoms with van der Waals surface area (Å²) in [6.45, 7) is 1.92. The highest BCUT2D eigenvalue weighted by molar-refractivity contribution is 6.07. The normalized spacial score (nSPS) is 10.3. The zero-order valence-electron chi connectivity index (χ0n) is 16.1. The van der Waals surface area contributed by atoms with Crippen LogP contribution in [0.4, 0.5) is 5.69 Å². The Morgan fingerprint density at radius 3 is 2.39 bits per heavy atom. The molecule has 0 spiro atoms. The molecular weight excluding hydrogens is 358 g/mol. The number of hydrogen-bond donors (Lipinski definition) is 1. The van der Waals surface area contributed by atoms with Gasteiger partial charge in [0.2, 0.25) is 5.88 Å². The summed E-state index contributed by atoms with van der Waals surface area (Å²) in [7, 11) is 4.57. The van der Waals surface area contributed by atoms with E-state index in [0.29, 0.717) is 34.3 Å². The molecule has 0 unspecified atom stereocenters. The molecule has 0 bridgehead atoms. The van der Waals surface area contributed by atoms with Gasteiger partial charge in [-0.3, -0.25) is 4.79 Å². The van der Waals surface area contributed by atoms with Crippen LogP contribution in [-0.2, 0) is 0 Å². The second-order valence-electron chi connectivity index (χ2n) is 5.99. The fourth-order valence-electron chi connectivity index (χ4n) is 2.75. The topological polar surface area (TPSA) is 82.6 Å². The lowest BCUT2D eigenvalue weighted by Gasteiger charge is -2.14. The number of aryl methyl sites for hydroxylation is 1. The Hall–Kier alpha value is -3.61. The number of anilines is 1. The molecule has 0 saturated heterocycles. The van der Waals surface area contributed by atoms with Crippen LogP contribution in [0, 0.1) is 6.92 Å². The number of rotatable bonds is 6. The number of aromatic nitrogens is 2. The molecule has 1 aromatic heterocycles. The fourth-order valence-corrected chi connectivity index (χ4v) is 2.75. The maximum atomic E-state index is 12.9. The molecule has 0 atom stereocenters. The molecule has 3 aromatic rings. The molecule has 0 aliphatic heterocycles. The van der Waals surface area contributed by atoms with E-state index in [-0.39, 0.29) is 5.91 Å². The van der Waals surface area contributed by atoms with Crippen LogP contribution in [0.5, 0.6) is 17.4 Å². The third-order valence-corrected chi connectivity index (χ3v) is 4.28. The van der Waals surface area contributed by atoms with E-state index in [1.807, 2.05) is 31.2 Å². The maximum Gasteiger partial charge on any atom is 0.259 e. The van der Waals surface area contributed by atoms with Crippen molar-refractivity contribution in [2.45, 2.75) is 6.92 Å². The predicted molar refractivity (Wildman–Crippen MR) is 106 cm³/mol. The summed E-state index contributed by atoms with van der Waals surface area (Å²) < 4.78 is 15.7. The third kappa shape index (κ3) is 3.88. The molecule has 144 valence electrons. The fraction of sp³-hybridized carbons (Fsp3) is 0.190. The highest BCUT2D eigenvalue weighted by Gasteiger charge is 2.17. The van der Waals surface area contributed by atoms with Crippen LogP contribution in [0.1, 0.15) is 15.9 Å². The summed E-state index contributed by atoms with van der Waals surface area (Å²) in [6, 6.07) is 14.4. The number of methoxy groups -OCH3 is 3. The molecule has 3 rings (SSSR count). The molecule has 28 heavy (non-hydrogen) atoms. The minimum Gasteiger partial charge on any atom is -0.493 e. The Morgan fingerprint density at radius 2 is 1.75 bits per heavy atom. The van der Waals surface area contributed by atoms with Crippen LogP contribution < -0.4 is 19.5 Å². The first-order chi connectivity index (χ1) is 13.6. The SMILES string of the molecule is COc1ccc(-c2ccc(C)c(NC(=O)c3cccc(OC)c3OC)c2)nn1. The van der Waals surface area contributed by atoms with Gasteiger partial charge in [0.15, 0.2) is 11.5 Å². The van der Waals surface area contributed by atoms with Gasteiger partial charge in [0, 0.05) is 17.3 Å². The van der Waals surface area contributed by atoms with Gasteiger partial charge in [0.1, 0.15) is 0 Å². The molecule has 1 amide bonds. The van der Waals surface area contributed by atoms with E-state index in [1.54, 1.807) is 24.3 Å². The number of ether oxygens (including phenoxy) is 3. The first-order valence-electron chi connectivity index (χ1n) is 8.58. The van der Waals surface area contributed by atoms with Gasteiger partial charge in [-0.05, 0) is 36.8 Å². The second kappa shape index (κ2) is 8.39. The molecule has 0 aliphatic carbocycles. The van der Waals surface area contributed by atoms with Crippen molar-refractivity contribution in [2.24, 2.45) is 0 Å². The Morgan fingerprint density at radius 1 is 0.929 bits per heavy atom. The van der Waals surface area contributed by atoms with E-state index in [1.165, 1.54) is 21.3 Å². The molecular formula is C21H21N3O4. The lowest BCUT2D eigenvalue weighted by Crippen LogP contribution is -2.14. The van der Waals surface area contributed by atoms with Crippen LogP contribution in [0.15, 0.2) is 48.5 Å². The Kier molecular flexibility index (Phi) is 5.74. The van der Waals surface area contributed by atoms with Crippen molar-refractivity contribution in [3.63, 3.8) is 0 Å². The molecule has 1 heterocycles. The minimum atomic E-state index is -0.295. The van der Waals surface area contributed by atoms with E-state index < -0.39 is 0 Å². The van der Waals surface area contributed by atoms with E-state index in [9.17, 15) is 4.79 Å². The minimum absolute atomic E-state index is 0.295.